The fourth-order valence-corrected chi connectivity index (χ4v) is 10.2. The van der Waals surface area contributed by atoms with Crippen LogP contribution in [0.4, 0.5) is 0 Å². The van der Waals surface area contributed by atoms with Crippen LogP contribution < -0.4 is 0 Å². The molecular formula is C30H46O4. The highest BCUT2D eigenvalue weighted by Crippen LogP contribution is 2.75. The van der Waals surface area contributed by atoms with Gasteiger partial charge >= 0.3 is 5.97 Å². The second-order valence-electron chi connectivity index (χ2n) is 14.7. The van der Waals surface area contributed by atoms with Crippen LogP contribution in [-0.4, -0.2) is 28.0 Å². The van der Waals surface area contributed by atoms with Gasteiger partial charge in [-0.1, -0.05) is 47.1 Å². The molecule has 0 heterocycles. The minimum atomic E-state index is -1.47. The van der Waals surface area contributed by atoms with Crippen molar-refractivity contribution in [3.8, 4) is 0 Å². The van der Waals surface area contributed by atoms with E-state index in [2.05, 4.69) is 27.7 Å². The highest BCUT2D eigenvalue weighted by molar-refractivity contribution is 5.95. The molecule has 34 heavy (non-hydrogen) atoms. The molecule has 0 saturated heterocycles. The van der Waals surface area contributed by atoms with E-state index in [0.29, 0.717) is 25.7 Å². The number of aliphatic carboxylic acids is 1. The quantitative estimate of drug-likeness (QED) is 0.463. The molecule has 0 aromatic heterocycles. The molecule has 0 bridgehead atoms. The summed E-state index contributed by atoms with van der Waals surface area (Å²) in [4.78, 5) is 26.5. The summed E-state index contributed by atoms with van der Waals surface area (Å²) < 4.78 is 8.66. The predicted octanol–water partition coefficient (Wildman–Crippen LogP) is 6.41. The van der Waals surface area contributed by atoms with E-state index in [9.17, 15) is 19.8 Å². The van der Waals surface area contributed by atoms with Gasteiger partial charge in [0.15, 0.2) is 5.78 Å². The molecular weight excluding hydrogens is 424 g/mol. The van der Waals surface area contributed by atoms with Crippen molar-refractivity contribution in [3.05, 3.63) is 11.6 Å². The molecule has 0 radical (unpaired) electrons. The number of carbonyl (C=O) groups excluding carboxylic acids is 1. The van der Waals surface area contributed by atoms with E-state index in [1.807, 2.05) is 26.8 Å². The lowest BCUT2D eigenvalue weighted by atomic mass is 9.33. The zero-order chi connectivity index (χ0) is 26.0. The van der Waals surface area contributed by atoms with Gasteiger partial charge in [0.25, 0.3) is 0 Å². The topological polar surface area (TPSA) is 74.6 Å². The first-order chi connectivity index (χ1) is 15.9. The Balaban J connectivity index is 1.62. The molecule has 4 heteroatoms. The number of hydrogen-bond donors (Lipinski definition) is 2. The van der Waals surface area contributed by atoms with E-state index < -0.39 is 22.9 Å². The van der Waals surface area contributed by atoms with Crippen LogP contribution in [0.1, 0.15) is 108 Å². The molecule has 0 amide bonds. The van der Waals surface area contributed by atoms with E-state index >= 15 is 0 Å². The third kappa shape index (κ3) is 2.81. The Hall–Kier alpha value is -1.16. The molecule has 4 nitrogen and oxygen atoms in total. The summed E-state index contributed by atoms with van der Waals surface area (Å²) >= 11 is 0. The standard InChI is InChI=1S/C30H46O4/c1-25(2)21-8-11-30(7)23(28(21,5)10-9-22(25)32)20(31)16-18-19-17-27(4,24(33)34)13-12-26(19,3)14-15-29(18,30)6/h16,19,21-23,32H,8-15,17H2,1-7H3,(H,33,34)/i22D. The van der Waals surface area contributed by atoms with Crippen molar-refractivity contribution < 1.29 is 21.2 Å². The van der Waals surface area contributed by atoms with Gasteiger partial charge in [0.2, 0.25) is 0 Å². The number of hydrogen-bond acceptors (Lipinski definition) is 3. The SMILES string of the molecule is [2H]C1(O)CCC2(C)C(CCC3(C)C2C(=O)C=C2C4CC(C)(C(=O)O)CCC4(C)CCC23C)C1(C)C. The van der Waals surface area contributed by atoms with Crippen LogP contribution in [0.15, 0.2) is 11.6 Å². The number of allylic oxidation sites excluding steroid dienone is 2. The molecule has 4 saturated carbocycles. The van der Waals surface area contributed by atoms with Crippen LogP contribution in [-0.2, 0) is 9.59 Å². The van der Waals surface area contributed by atoms with Gasteiger partial charge in [0.1, 0.15) is 0 Å². The van der Waals surface area contributed by atoms with E-state index in [4.69, 9.17) is 1.37 Å². The first kappa shape index (κ1) is 23.3. The van der Waals surface area contributed by atoms with Crippen molar-refractivity contribution in [1.82, 2.24) is 0 Å². The van der Waals surface area contributed by atoms with Gasteiger partial charge < -0.3 is 10.2 Å². The summed E-state index contributed by atoms with van der Waals surface area (Å²) in [5.41, 5.74) is -0.626. The highest BCUT2D eigenvalue weighted by atomic mass is 16.4. The van der Waals surface area contributed by atoms with Crippen LogP contribution in [0, 0.1) is 50.2 Å². The molecule has 5 aliphatic rings. The molecule has 0 aromatic carbocycles. The summed E-state index contributed by atoms with van der Waals surface area (Å²) in [5, 5.41) is 21.0. The Kier molecular flexibility index (Phi) is 4.78. The fourth-order valence-electron chi connectivity index (χ4n) is 10.2. The Bertz CT molecular complexity index is 1010. The second-order valence-corrected chi connectivity index (χ2v) is 14.7. The van der Waals surface area contributed by atoms with Crippen molar-refractivity contribution in [2.75, 3.05) is 0 Å². The minimum Gasteiger partial charge on any atom is -0.481 e. The zero-order valence-corrected chi connectivity index (χ0v) is 22.4. The highest BCUT2D eigenvalue weighted by Gasteiger charge is 2.70. The third-order valence-electron chi connectivity index (χ3n) is 12.9. The molecule has 0 aromatic rings. The minimum absolute atomic E-state index is 0.0550. The van der Waals surface area contributed by atoms with Crippen molar-refractivity contribution >= 4 is 11.8 Å². The molecule has 0 aliphatic heterocycles. The number of aliphatic hydroxyl groups is 1. The lowest BCUT2D eigenvalue weighted by molar-refractivity contribution is -0.202. The molecule has 9 atom stereocenters. The summed E-state index contributed by atoms with van der Waals surface area (Å²) in [6.45, 7) is 15.3. The Morgan fingerprint density at radius 2 is 1.62 bits per heavy atom. The van der Waals surface area contributed by atoms with Crippen molar-refractivity contribution in [3.63, 3.8) is 0 Å². The van der Waals surface area contributed by atoms with Crippen molar-refractivity contribution in [1.29, 1.82) is 0 Å². The average molecular weight is 472 g/mol. The van der Waals surface area contributed by atoms with E-state index in [0.717, 1.165) is 32.1 Å². The van der Waals surface area contributed by atoms with E-state index in [1.165, 1.54) is 5.57 Å². The number of rotatable bonds is 1. The normalized spacial score (nSPS) is 56.7. The lowest BCUT2D eigenvalue weighted by Crippen LogP contribution is -2.66. The van der Waals surface area contributed by atoms with E-state index in [-0.39, 0.29) is 45.2 Å². The first-order valence-corrected chi connectivity index (χ1v) is 13.6. The molecule has 4 fully saturated rings. The average Bonchev–Trinajstić information content (AvgIpc) is 2.74. The van der Waals surface area contributed by atoms with Gasteiger partial charge in [-0.25, -0.2) is 0 Å². The number of carboxylic acids is 1. The Labute approximate surface area is 207 Å². The number of carbonyl (C=O) groups is 2. The molecule has 9 unspecified atom stereocenters. The van der Waals surface area contributed by atoms with Crippen LogP contribution in [0.2, 0.25) is 0 Å². The molecule has 2 N–H and O–H groups in total. The van der Waals surface area contributed by atoms with Crippen LogP contribution >= 0.6 is 0 Å². The number of fused-ring (bicyclic) bond motifs is 7. The summed E-state index contributed by atoms with van der Waals surface area (Å²) in [6.07, 6.45) is 7.79. The van der Waals surface area contributed by atoms with Gasteiger partial charge in [0, 0.05) is 5.92 Å². The Morgan fingerprint density at radius 3 is 2.26 bits per heavy atom. The zero-order valence-electron chi connectivity index (χ0n) is 23.4. The Morgan fingerprint density at radius 1 is 0.971 bits per heavy atom. The van der Waals surface area contributed by atoms with Gasteiger partial charge in [-0.3, -0.25) is 9.59 Å². The van der Waals surface area contributed by atoms with Crippen LogP contribution in [0.5, 0.6) is 0 Å². The monoisotopic (exact) mass is 471 g/mol. The number of ketones is 1. The molecule has 0 spiro atoms. The smallest absolute Gasteiger partial charge is 0.309 e. The maximum Gasteiger partial charge on any atom is 0.309 e. The van der Waals surface area contributed by atoms with Gasteiger partial charge in [-0.15, -0.1) is 0 Å². The molecule has 5 aliphatic carbocycles. The fraction of sp³-hybridized carbons (Fsp3) is 0.867. The third-order valence-corrected chi connectivity index (χ3v) is 12.9. The maximum absolute atomic E-state index is 14.2. The van der Waals surface area contributed by atoms with Crippen LogP contribution in [0.3, 0.4) is 0 Å². The second kappa shape index (κ2) is 6.99. The van der Waals surface area contributed by atoms with Crippen LogP contribution in [0.25, 0.3) is 0 Å². The lowest BCUT2D eigenvalue weighted by Gasteiger charge is -2.70. The number of carboxylic acid groups (broad SMARTS) is 1. The maximum atomic E-state index is 14.2. The van der Waals surface area contributed by atoms with Gasteiger partial charge in [0.05, 0.1) is 12.9 Å². The van der Waals surface area contributed by atoms with Gasteiger partial charge in [-0.2, -0.15) is 0 Å². The largest absolute Gasteiger partial charge is 0.481 e. The van der Waals surface area contributed by atoms with Crippen molar-refractivity contribution in [2.24, 2.45) is 50.2 Å². The summed E-state index contributed by atoms with van der Waals surface area (Å²) in [5.74, 6) is -0.379. The van der Waals surface area contributed by atoms with Crippen molar-refractivity contribution in [2.45, 2.75) is 112 Å². The summed E-state index contributed by atoms with van der Waals surface area (Å²) in [6, 6.07) is 0. The molecule has 5 rings (SSSR count). The van der Waals surface area contributed by atoms with E-state index in [1.54, 1.807) is 0 Å². The summed E-state index contributed by atoms with van der Waals surface area (Å²) in [7, 11) is 0. The van der Waals surface area contributed by atoms with Gasteiger partial charge in [-0.05, 0) is 110 Å². The first-order valence-electron chi connectivity index (χ1n) is 14.1. The predicted molar refractivity (Wildman–Crippen MR) is 133 cm³/mol. The molecule has 190 valence electrons.